The van der Waals surface area contributed by atoms with E-state index in [9.17, 15) is 0 Å². The van der Waals surface area contributed by atoms with Gasteiger partial charge in [-0.1, -0.05) is 0 Å². The summed E-state index contributed by atoms with van der Waals surface area (Å²) in [4.78, 5) is 7.04. The number of rotatable bonds is 3. The molecule has 0 spiro atoms. The van der Waals surface area contributed by atoms with E-state index in [0.29, 0.717) is 0 Å². The van der Waals surface area contributed by atoms with Crippen molar-refractivity contribution < 1.29 is 0 Å². The third kappa shape index (κ3) is 3.02. The van der Waals surface area contributed by atoms with Gasteiger partial charge in [0.2, 0.25) is 0 Å². The molecule has 106 valence electrons. The molecule has 1 aromatic carbocycles. The molecule has 0 amide bonds. The number of pyridine rings is 1. The van der Waals surface area contributed by atoms with Gasteiger partial charge in [0.15, 0.2) is 0 Å². The summed E-state index contributed by atoms with van der Waals surface area (Å²) in [5.41, 5.74) is 7.56. The summed E-state index contributed by atoms with van der Waals surface area (Å²) >= 11 is 0. The third-order valence-corrected chi connectivity index (χ3v) is 4.12. The first-order valence-electron chi connectivity index (χ1n) is 7.29. The summed E-state index contributed by atoms with van der Waals surface area (Å²) < 4.78 is 0. The second-order valence-electron chi connectivity index (χ2n) is 5.78. The molecule has 1 saturated heterocycles. The van der Waals surface area contributed by atoms with Gasteiger partial charge in [0.05, 0.1) is 5.52 Å². The number of fused-ring (bicyclic) bond motifs is 1. The predicted octanol–water partition coefficient (Wildman–Crippen LogP) is 2.57. The molecule has 0 saturated carbocycles. The van der Waals surface area contributed by atoms with E-state index < -0.39 is 0 Å². The molecule has 4 nitrogen and oxygen atoms in total. The van der Waals surface area contributed by atoms with Crippen LogP contribution in [0, 0.1) is 5.92 Å². The maximum atomic E-state index is 5.78. The van der Waals surface area contributed by atoms with Crippen LogP contribution >= 0.6 is 0 Å². The van der Waals surface area contributed by atoms with Crippen molar-refractivity contribution >= 4 is 22.4 Å². The van der Waals surface area contributed by atoms with Crippen LogP contribution in [0.1, 0.15) is 12.8 Å². The van der Waals surface area contributed by atoms with Crippen LogP contribution < -0.4 is 11.1 Å². The quantitative estimate of drug-likeness (QED) is 0.842. The molecular formula is C16H22N4. The number of hydrogen-bond donors (Lipinski definition) is 2. The number of nitrogens with one attached hydrogen (secondary N) is 1. The number of nitrogens with two attached hydrogens (primary N) is 1. The Morgan fingerprint density at radius 1 is 1.25 bits per heavy atom. The van der Waals surface area contributed by atoms with Crippen LogP contribution in [-0.2, 0) is 0 Å². The molecule has 4 heteroatoms. The van der Waals surface area contributed by atoms with E-state index in [2.05, 4.69) is 28.3 Å². The second-order valence-corrected chi connectivity index (χ2v) is 5.78. The molecule has 0 radical (unpaired) electrons. The summed E-state index contributed by atoms with van der Waals surface area (Å²) in [6, 6.07) is 9.96. The lowest BCUT2D eigenvalue weighted by Gasteiger charge is -2.29. The largest absolute Gasteiger partial charge is 0.399 e. The van der Waals surface area contributed by atoms with Crippen LogP contribution in [0.5, 0.6) is 0 Å². The minimum Gasteiger partial charge on any atom is -0.399 e. The summed E-state index contributed by atoms with van der Waals surface area (Å²) in [5.74, 6) is 1.72. The minimum absolute atomic E-state index is 0.759. The van der Waals surface area contributed by atoms with Crippen molar-refractivity contribution in [1.29, 1.82) is 0 Å². The third-order valence-electron chi connectivity index (χ3n) is 4.12. The summed E-state index contributed by atoms with van der Waals surface area (Å²) in [6.45, 7) is 3.43. The van der Waals surface area contributed by atoms with Crippen molar-refractivity contribution in [2.24, 2.45) is 5.92 Å². The molecular weight excluding hydrogens is 248 g/mol. The Bertz CT molecular complexity index is 588. The van der Waals surface area contributed by atoms with Gasteiger partial charge in [-0.05, 0) is 69.2 Å². The van der Waals surface area contributed by atoms with Gasteiger partial charge in [0.25, 0.3) is 0 Å². The number of anilines is 2. The number of benzene rings is 1. The highest BCUT2D eigenvalue weighted by molar-refractivity contribution is 5.83. The Kier molecular flexibility index (Phi) is 3.74. The molecule has 1 aliphatic rings. The van der Waals surface area contributed by atoms with Gasteiger partial charge in [-0.2, -0.15) is 0 Å². The maximum absolute atomic E-state index is 5.78. The van der Waals surface area contributed by atoms with Crippen molar-refractivity contribution in [1.82, 2.24) is 9.88 Å². The molecule has 0 unspecified atom stereocenters. The molecule has 1 aromatic heterocycles. The van der Waals surface area contributed by atoms with Crippen LogP contribution in [0.15, 0.2) is 30.3 Å². The molecule has 1 aliphatic heterocycles. The van der Waals surface area contributed by atoms with Gasteiger partial charge in [-0.25, -0.2) is 4.98 Å². The SMILES string of the molecule is CN1CCC(CNc2ccc3cc(N)ccc3n2)CC1. The first kappa shape index (κ1) is 13.2. The van der Waals surface area contributed by atoms with E-state index >= 15 is 0 Å². The molecule has 3 N–H and O–H groups in total. The monoisotopic (exact) mass is 270 g/mol. The molecule has 0 atom stereocenters. The van der Waals surface area contributed by atoms with Crippen LogP contribution in [0.3, 0.4) is 0 Å². The number of nitrogens with zero attached hydrogens (tertiary/aromatic N) is 2. The molecule has 2 aromatic rings. The molecule has 20 heavy (non-hydrogen) atoms. The van der Waals surface area contributed by atoms with Crippen molar-refractivity contribution in [2.45, 2.75) is 12.8 Å². The Hall–Kier alpha value is -1.81. The smallest absolute Gasteiger partial charge is 0.126 e. The average molecular weight is 270 g/mol. The van der Waals surface area contributed by atoms with Crippen LogP contribution in [0.4, 0.5) is 11.5 Å². The topological polar surface area (TPSA) is 54.2 Å². The number of piperidine rings is 1. The Morgan fingerprint density at radius 3 is 2.85 bits per heavy atom. The number of nitrogen functional groups attached to an aromatic ring is 1. The van der Waals surface area contributed by atoms with E-state index in [1.165, 1.54) is 25.9 Å². The summed E-state index contributed by atoms with van der Waals surface area (Å²) in [6.07, 6.45) is 2.54. The summed E-state index contributed by atoms with van der Waals surface area (Å²) in [5, 5.41) is 4.57. The fourth-order valence-corrected chi connectivity index (χ4v) is 2.76. The zero-order valence-corrected chi connectivity index (χ0v) is 12.0. The Morgan fingerprint density at radius 2 is 2.05 bits per heavy atom. The molecule has 3 rings (SSSR count). The van der Waals surface area contributed by atoms with Crippen LogP contribution in [0.25, 0.3) is 10.9 Å². The second kappa shape index (κ2) is 5.67. The first-order chi connectivity index (χ1) is 9.70. The van der Waals surface area contributed by atoms with E-state index in [1.807, 2.05) is 24.3 Å². The standard InChI is InChI=1S/C16H22N4/c1-20-8-6-12(7-9-20)11-18-16-5-2-13-10-14(17)3-4-15(13)19-16/h2-5,10,12H,6-9,11,17H2,1H3,(H,18,19). The van der Waals surface area contributed by atoms with E-state index in [0.717, 1.165) is 34.9 Å². The first-order valence-corrected chi connectivity index (χ1v) is 7.29. The van der Waals surface area contributed by atoms with E-state index in [1.54, 1.807) is 0 Å². The van der Waals surface area contributed by atoms with Gasteiger partial charge >= 0.3 is 0 Å². The predicted molar refractivity (Wildman–Crippen MR) is 84.9 cm³/mol. The molecule has 0 aliphatic carbocycles. The summed E-state index contributed by atoms with van der Waals surface area (Å²) in [7, 11) is 2.19. The van der Waals surface area contributed by atoms with Crippen molar-refractivity contribution in [3.63, 3.8) is 0 Å². The fraction of sp³-hybridized carbons (Fsp3) is 0.438. The highest BCUT2D eigenvalue weighted by Gasteiger charge is 2.16. The van der Waals surface area contributed by atoms with E-state index in [-0.39, 0.29) is 0 Å². The normalized spacial score (nSPS) is 17.4. The lowest BCUT2D eigenvalue weighted by Crippen LogP contribution is -2.33. The van der Waals surface area contributed by atoms with Crippen molar-refractivity contribution in [2.75, 3.05) is 37.7 Å². The fourth-order valence-electron chi connectivity index (χ4n) is 2.76. The average Bonchev–Trinajstić information content (AvgIpc) is 2.46. The Labute approximate surface area is 120 Å². The lowest BCUT2D eigenvalue weighted by atomic mass is 9.97. The van der Waals surface area contributed by atoms with Gasteiger partial charge in [0.1, 0.15) is 5.82 Å². The van der Waals surface area contributed by atoms with Crippen molar-refractivity contribution in [3.05, 3.63) is 30.3 Å². The van der Waals surface area contributed by atoms with Gasteiger partial charge < -0.3 is 16.0 Å². The van der Waals surface area contributed by atoms with Gasteiger partial charge in [0, 0.05) is 17.6 Å². The molecule has 0 bridgehead atoms. The van der Waals surface area contributed by atoms with Gasteiger partial charge in [-0.15, -0.1) is 0 Å². The Balaban J connectivity index is 1.64. The van der Waals surface area contributed by atoms with Gasteiger partial charge in [-0.3, -0.25) is 0 Å². The molecule has 1 fully saturated rings. The number of hydrogen-bond acceptors (Lipinski definition) is 4. The highest BCUT2D eigenvalue weighted by Crippen LogP contribution is 2.20. The lowest BCUT2D eigenvalue weighted by molar-refractivity contribution is 0.226. The van der Waals surface area contributed by atoms with Crippen LogP contribution in [-0.4, -0.2) is 36.6 Å². The van der Waals surface area contributed by atoms with E-state index in [4.69, 9.17) is 5.73 Å². The zero-order valence-electron chi connectivity index (χ0n) is 12.0. The van der Waals surface area contributed by atoms with Crippen molar-refractivity contribution in [3.8, 4) is 0 Å². The van der Waals surface area contributed by atoms with Crippen LogP contribution in [0.2, 0.25) is 0 Å². The minimum atomic E-state index is 0.759. The molecule has 2 heterocycles. The maximum Gasteiger partial charge on any atom is 0.126 e. The highest BCUT2D eigenvalue weighted by atomic mass is 15.1. The number of likely N-dealkylation sites (tertiary alicyclic amines) is 1. The zero-order chi connectivity index (χ0) is 13.9. The number of aromatic nitrogens is 1.